The molecule has 3 heterocycles. The Morgan fingerprint density at radius 2 is 1.43 bits per heavy atom. The number of aromatic nitrogens is 4. The van der Waals surface area contributed by atoms with Gasteiger partial charge in [0.15, 0.2) is 5.82 Å². The van der Waals surface area contributed by atoms with E-state index in [1.807, 2.05) is 31.5 Å². The highest BCUT2D eigenvalue weighted by atomic mass is 14.9. The molecule has 0 aliphatic carbocycles. The number of hydrogen-bond donors (Lipinski definition) is 0. The molecule has 2 aromatic carbocycles. The summed E-state index contributed by atoms with van der Waals surface area (Å²) in [6.45, 7) is 4.13. The second-order valence-corrected chi connectivity index (χ2v) is 7.41. The van der Waals surface area contributed by atoms with Gasteiger partial charge in [0.1, 0.15) is 0 Å². The Balaban J connectivity index is 1.96. The summed E-state index contributed by atoms with van der Waals surface area (Å²) >= 11 is 0. The molecule has 144 valence electrons. The number of fused-ring (bicyclic) bond motifs is 1. The Bertz CT molecular complexity index is 1340. The van der Waals surface area contributed by atoms with E-state index in [-0.39, 0.29) is 0 Å². The van der Waals surface area contributed by atoms with Crippen molar-refractivity contribution in [3.8, 4) is 33.9 Å². The zero-order chi connectivity index (χ0) is 20.5. The summed E-state index contributed by atoms with van der Waals surface area (Å²) in [5.74, 6) is 0.676. The fourth-order valence-electron chi connectivity index (χ4n) is 3.78. The Morgan fingerprint density at radius 1 is 0.600 bits per heavy atom. The summed E-state index contributed by atoms with van der Waals surface area (Å²) in [6.07, 6.45) is 7.30. The van der Waals surface area contributed by atoms with Crippen molar-refractivity contribution in [1.82, 2.24) is 19.9 Å². The molecular formula is C26H20N4. The number of hydrogen-bond acceptors (Lipinski definition) is 4. The molecule has 0 spiro atoms. The lowest BCUT2D eigenvalue weighted by Gasteiger charge is -2.17. The molecule has 3 aromatic heterocycles. The number of aryl methyl sites for hydroxylation is 2. The smallest absolute Gasteiger partial charge is 0.159 e. The lowest BCUT2D eigenvalue weighted by atomic mass is 9.89. The van der Waals surface area contributed by atoms with Crippen LogP contribution in [-0.4, -0.2) is 19.9 Å². The Labute approximate surface area is 175 Å². The molecule has 4 heteroatoms. The van der Waals surface area contributed by atoms with Crippen LogP contribution in [-0.2, 0) is 0 Å². The molecule has 0 N–H and O–H groups in total. The van der Waals surface area contributed by atoms with Gasteiger partial charge in [0, 0.05) is 41.5 Å². The number of pyridine rings is 2. The van der Waals surface area contributed by atoms with E-state index in [0.717, 1.165) is 50.0 Å². The SMILES string of the molecule is Cc1ccc(-c2c(-c3cc(C)ccn3)c(-c3ncccn3)cc3ccccc23)nc1. The van der Waals surface area contributed by atoms with Crippen LogP contribution < -0.4 is 0 Å². The number of nitrogens with zero attached hydrogens (tertiary/aromatic N) is 4. The molecule has 0 saturated heterocycles. The van der Waals surface area contributed by atoms with Gasteiger partial charge in [0.2, 0.25) is 0 Å². The summed E-state index contributed by atoms with van der Waals surface area (Å²) in [5.41, 5.74) is 7.07. The quantitative estimate of drug-likeness (QED) is 0.378. The first-order valence-electron chi connectivity index (χ1n) is 9.90. The van der Waals surface area contributed by atoms with Crippen molar-refractivity contribution in [2.24, 2.45) is 0 Å². The van der Waals surface area contributed by atoms with E-state index >= 15 is 0 Å². The van der Waals surface area contributed by atoms with E-state index in [9.17, 15) is 0 Å². The summed E-state index contributed by atoms with van der Waals surface area (Å²) in [6, 6.07) is 20.6. The summed E-state index contributed by atoms with van der Waals surface area (Å²) in [7, 11) is 0. The van der Waals surface area contributed by atoms with Gasteiger partial charge in [-0.1, -0.05) is 30.3 Å². The molecule has 5 rings (SSSR count). The normalized spacial score (nSPS) is 11.0. The minimum Gasteiger partial charge on any atom is -0.256 e. The fourth-order valence-corrected chi connectivity index (χ4v) is 3.78. The molecule has 0 saturated carbocycles. The molecular weight excluding hydrogens is 368 g/mol. The highest BCUT2D eigenvalue weighted by Crippen LogP contribution is 2.42. The van der Waals surface area contributed by atoms with Gasteiger partial charge in [-0.15, -0.1) is 0 Å². The highest BCUT2D eigenvalue weighted by Gasteiger charge is 2.21. The highest BCUT2D eigenvalue weighted by molar-refractivity contribution is 6.08. The van der Waals surface area contributed by atoms with Gasteiger partial charge in [-0.3, -0.25) is 9.97 Å². The largest absolute Gasteiger partial charge is 0.256 e. The van der Waals surface area contributed by atoms with Crippen molar-refractivity contribution in [1.29, 1.82) is 0 Å². The molecule has 0 unspecified atom stereocenters. The minimum atomic E-state index is 0.676. The van der Waals surface area contributed by atoms with Crippen molar-refractivity contribution < 1.29 is 0 Å². The lowest BCUT2D eigenvalue weighted by Crippen LogP contribution is -1.98. The van der Waals surface area contributed by atoms with E-state index in [0.29, 0.717) is 5.82 Å². The van der Waals surface area contributed by atoms with E-state index in [1.165, 1.54) is 0 Å². The van der Waals surface area contributed by atoms with E-state index in [1.54, 1.807) is 12.4 Å². The van der Waals surface area contributed by atoms with Crippen LogP contribution in [0.2, 0.25) is 0 Å². The zero-order valence-corrected chi connectivity index (χ0v) is 16.9. The van der Waals surface area contributed by atoms with Crippen LogP contribution in [0.3, 0.4) is 0 Å². The monoisotopic (exact) mass is 388 g/mol. The van der Waals surface area contributed by atoms with E-state index in [4.69, 9.17) is 9.97 Å². The topological polar surface area (TPSA) is 51.6 Å². The van der Waals surface area contributed by atoms with E-state index < -0.39 is 0 Å². The average molecular weight is 388 g/mol. The maximum absolute atomic E-state index is 4.77. The summed E-state index contributed by atoms with van der Waals surface area (Å²) < 4.78 is 0. The molecule has 0 amide bonds. The predicted molar refractivity (Wildman–Crippen MR) is 121 cm³/mol. The fraction of sp³-hybridized carbons (Fsp3) is 0.0769. The van der Waals surface area contributed by atoms with Gasteiger partial charge in [-0.25, -0.2) is 9.97 Å². The predicted octanol–water partition coefficient (Wildman–Crippen LogP) is 6.04. The maximum atomic E-state index is 4.77. The lowest BCUT2D eigenvalue weighted by molar-refractivity contribution is 1.17. The average Bonchev–Trinajstić information content (AvgIpc) is 2.79. The molecule has 5 aromatic rings. The molecule has 0 fully saturated rings. The molecule has 0 radical (unpaired) electrons. The minimum absolute atomic E-state index is 0.676. The van der Waals surface area contributed by atoms with Gasteiger partial charge in [-0.05, 0) is 66.1 Å². The zero-order valence-electron chi connectivity index (χ0n) is 16.9. The van der Waals surface area contributed by atoms with Crippen LogP contribution in [0.25, 0.3) is 44.7 Å². The van der Waals surface area contributed by atoms with Crippen molar-refractivity contribution in [2.75, 3.05) is 0 Å². The van der Waals surface area contributed by atoms with Gasteiger partial charge in [0.25, 0.3) is 0 Å². The first-order valence-corrected chi connectivity index (χ1v) is 9.90. The molecule has 30 heavy (non-hydrogen) atoms. The van der Waals surface area contributed by atoms with Crippen molar-refractivity contribution >= 4 is 10.8 Å². The van der Waals surface area contributed by atoms with Crippen molar-refractivity contribution in [3.05, 3.63) is 96.6 Å². The molecule has 0 aliphatic rings. The van der Waals surface area contributed by atoms with Crippen LogP contribution >= 0.6 is 0 Å². The van der Waals surface area contributed by atoms with E-state index in [2.05, 4.69) is 65.4 Å². The molecule has 0 aliphatic heterocycles. The van der Waals surface area contributed by atoms with Gasteiger partial charge < -0.3 is 0 Å². The first kappa shape index (κ1) is 18.1. The van der Waals surface area contributed by atoms with Crippen LogP contribution in [0.4, 0.5) is 0 Å². The summed E-state index contributed by atoms with van der Waals surface area (Å²) in [4.78, 5) is 18.6. The Kier molecular flexibility index (Phi) is 4.52. The van der Waals surface area contributed by atoms with Crippen LogP contribution in [0.5, 0.6) is 0 Å². The Morgan fingerprint density at radius 3 is 2.20 bits per heavy atom. The third kappa shape index (κ3) is 3.22. The van der Waals surface area contributed by atoms with Crippen molar-refractivity contribution in [2.45, 2.75) is 13.8 Å². The van der Waals surface area contributed by atoms with Crippen LogP contribution in [0.1, 0.15) is 11.1 Å². The maximum Gasteiger partial charge on any atom is 0.159 e. The van der Waals surface area contributed by atoms with Gasteiger partial charge in [-0.2, -0.15) is 0 Å². The molecule has 4 nitrogen and oxygen atoms in total. The van der Waals surface area contributed by atoms with Gasteiger partial charge >= 0.3 is 0 Å². The second kappa shape index (κ2) is 7.48. The van der Waals surface area contributed by atoms with Crippen LogP contribution in [0.15, 0.2) is 85.5 Å². The standard InChI is InChI=1S/C26H20N4/c1-17-10-13-27-23(14-17)25-21(26-28-11-5-12-29-26)15-19-6-3-4-7-20(19)24(25)22-9-8-18(2)16-30-22/h3-16H,1-2H3. The van der Waals surface area contributed by atoms with Gasteiger partial charge in [0.05, 0.1) is 11.4 Å². The van der Waals surface area contributed by atoms with Crippen LogP contribution in [0, 0.1) is 13.8 Å². The summed E-state index contributed by atoms with van der Waals surface area (Å²) in [5, 5.41) is 2.25. The molecule has 0 bridgehead atoms. The third-order valence-corrected chi connectivity index (χ3v) is 5.20. The third-order valence-electron chi connectivity index (χ3n) is 5.20. The number of rotatable bonds is 3. The Hall–Kier alpha value is -3.92. The molecule has 0 atom stereocenters. The van der Waals surface area contributed by atoms with Crippen molar-refractivity contribution in [3.63, 3.8) is 0 Å². The first-order chi connectivity index (χ1) is 14.7. The second-order valence-electron chi connectivity index (χ2n) is 7.41. The number of benzene rings is 2.